The maximum atomic E-state index is 13.7. The largest absolute Gasteiger partial charge is 0.467 e. The molecule has 2 aromatic rings. The lowest BCUT2D eigenvalue weighted by Crippen LogP contribution is -2.15. The summed E-state index contributed by atoms with van der Waals surface area (Å²) >= 11 is 3.11. The van der Waals surface area contributed by atoms with E-state index in [0.29, 0.717) is 21.3 Å². The molecule has 0 spiro atoms. The van der Waals surface area contributed by atoms with Crippen molar-refractivity contribution in [3.05, 3.63) is 63.1 Å². The standard InChI is InChI=1S/C16H11BrF2O4/c17-11-1-2-13(14(19)5-11)16(20)22-7-10-4-12(18)3-9-6-21-8-23-15(9)10/h1-5H,6-8H2. The molecule has 0 N–H and O–H groups in total. The minimum Gasteiger partial charge on any atom is -0.467 e. The van der Waals surface area contributed by atoms with E-state index in [1.165, 1.54) is 30.3 Å². The quantitative estimate of drug-likeness (QED) is 0.751. The van der Waals surface area contributed by atoms with E-state index in [1.54, 1.807) is 0 Å². The zero-order valence-corrected chi connectivity index (χ0v) is 13.4. The Bertz CT molecular complexity index is 764. The van der Waals surface area contributed by atoms with Crippen LogP contribution in [-0.2, 0) is 22.7 Å². The van der Waals surface area contributed by atoms with Gasteiger partial charge in [0.25, 0.3) is 0 Å². The first-order chi connectivity index (χ1) is 11.0. The molecule has 0 radical (unpaired) electrons. The van der Waals surface area contributed by atoms with E-state index in [1.807, 2.05) is 0 Å². The molecule has 7 heteroatoms. The highest BCUT2D eigenvalue weighted by Gasteiger charge is 2.19. The first-order valence-corrected chi connectivity index (χ1v) is 7.48. The average molecular weight is 385 g/mol. The van der Waals surface area contributed by atoms with Gasteiger partial charge in [-0.2, -0.15) is 0 Å². The molecule has 4 nitrogen and oxygen atoms in total. The third-order valence-corrected chi connectivity index (χ3v) is 3.75. The van der Waals surface area contributed by atoms with Crippen LogP contribution in [0.1, 0.15) is 21.5 Å². The summed E-state index contributed by atoms with van der Waals surface area (Å²) in [7, 11) is 0. The number of ether oxygens (including phenoxy) is 3. The summed E-state index contributed by atoms with van der Waals surface area (Å²) in [5, 5.41) is 0. The molecule has 1 aliphatic rings. The summed E-state index contributed by atoms with van der Waals surface area (Å²) in [5.74, 6) is -1.59. The van der Waals surface area contributed by atoms with Crippen molar-refractivity contribution in [1.29, 1.82) is 0 Å². The molecule has 0 saturated carbocycles. The van der Waals surface area contributed by atoms with Crippen LogP contribution in [0.3, 0.4) is 0 Å². The van der Waals surface area contributed by atoms with E-state index in [-0.39, 0.29) is 25.6 Å². The Morgan fingerprint density at radius 2 is 2.09 bits per heavy atom. The van der Waals surface area contributed by atoms with Gasteiger partial charge in [0.15, 0.2) is 6.79 Å². The minimum absolute atomic E-state index is 0.0426. The highest BCUT2D eigenvalue weighted by atomic mass is 79.9. The molecule has 120 valence electrons. The Balaban J connectivity index is 1.78. The van der Waals surface area contributed by atoms with Crippen LogP contribution in [0.5, 0.6) is 5.75 Å². The highest BCUT2D eigenvalue weighted by molar-refractivity contribution is 9.10. The Kier molecular flexibility index (Phi) is 4.58. The van der Waals surface area contributed by atoms with E-state index >= 15 is 0 Å². The predicted octanol–water partition coefficient (Wildman–Crippen LogP) is 3.95. The molecular formula is C16H11BrF2O4. The third kappa shape index (κ3) is 3.51. The molecule has 0 aliphatic carbocycles. The fraction of sp³-hybridized carbons (Fsp3) is 0.188. The number of rotatable bonds is 3. The van der Waals surface area contributed by atoms with Crippen molar-refractivity contribution in [3.8, 4) is 5.75 Å². The van der Waals surface area contributed by atoms with Gasteiger partial charge in [-0.3, -0.25) is 0 Å². The number of carbonyl (C=O) groups excluding carboxylic acids is 1. The van der Waals surface area contributed by atoms with E-state index in [0.717, 1.165) is 0 Å². The smallest absolute Gasteiger partial charge is 0.341 e. The predicted molar refractivity (Wildman–Crippen MR) is 79.9 cm³/mol. The monoisotopic (exact) mass is 384 g/mol. The van der Waals surface area contributed by atoms with Crippen LogP contribution in [0.2, 0.25) is 0 Å². The number of hydrogen-bond acceptors (Lipinski definition) is 4. The van der Waals surface area contributed by atoms with Gasteiger partial charge in [0, 0.05) is 15.6 Å². The Morgan fingerprint density at radius 3 is 2.87 bits per heavy atom. The number of carbonyl (C=O) groups is 1. The van der Waals surface area contributed by atoms with Crippen LogP contribution < -0.4 is 4.74 Å². The molecule has 3 rings (SSSR count). The highest BCUT2D eigenvalue weighted by Crippen LogP contribution is 2.30. The van der Waals surface area contributed by atoms with Crippen molar-refractivity contribution in [2.75, 3.05) is 6.79 Å². The van der Waals surface area contributed by atoms with Crippen molar-refractivity contribution in [2.24, 2.45) is 0 Å². The van der Waals surface area contributed by atoms with E-state index in [4.69, 9.17) is 14.2 Å². The lowest BCUT2D eigenvalue weighted by molar-refractivity contribution is -0.0183. The zero-order valence-electron chi connectivity index (χ0n) is 11.8. The van der Waals surface area contributed by atoms with Gasteiger partial charge in [-0.05, 0) is 30.3 Å². The maximum Gasteiger partial charge on any atom is 0.341 e. The molecule has 0 amide bonds. The molecule has 0 fully saturated rings. The molecule has 0 atom stereocenters. The summed E-state index contributed by atoms with van der Waals surface area (Å²) in [6.45, 7) is 0.0325. The fourth-order valence-corrected chi connectivity index (χ4v) is 2.57. The summed E-state index contributed by atoms with van der Waals surface area (Å²) in [4.78, 5) is 12.0. The number of hydrogen-bond donors (Lipinski definition) is 0. The molecule has 2 aromatic carbocycles. The summed E-state index contributed by atoms with van der Waals surface area (Å²) in [6.07, 6.45) is 0. The van der Waals surface area contributed by atoms with Crippen molar-refractivity contribution in [1.82, 2.24) is 0 Å². The Hall–Kier alpha value is -1.99. The molecule has 23 heavy (non-hydrogen) atoms. The molecule has 0 bridgehead atoms. The molecule has 0 saturated heterocycles. The van der Waals surface area contributed by atoms with Gasteiger partial charge in [0.1, 0.15) is 24.0 Å². The SMILES string of the molecule is O=C(OCc1cc(F)cc2c1OCOC2)c1ccc(Br)cc1F. The van der Waals surface area contributed by atoms with Gasteiger partial charge in [0.05, 0.1) is 12.2 Å². The van der Waals surface area contributed by atoms with Gasteiger partial charge in [-0.1, -0.05) is 15.9 Å². The van der Waals surface area contributed by atoms with E-state index in [2.05, 4.69) is 15.9 Å². The number of esters is 1. The van der Waals surface area contributed by atoms with E-state index in [9.17, 15) is 13.6 Å². The second-order valence-electron chi connectivity index (χ2n) is 4.86. The van der Waals surface area contributed by atoms with Gasteiger partial charge in [-0.15, -0.1) is 0 Å². The van der Waals surface area contributed by atoms with Crippen LogP contribution >= 0.6 is 15.9 Å². The van der Waals surface area contributed by atoms with Crippen molar-refractivity contribution >= 4 is 21.9 Å². The van der Waals surface area contributed by atoms with Gasteiger partial charge in [-0.25, -0.2) is 13.6 Å². The third-order valence-electron chi connectivity index (χ3n) is 3.26. The Labute approximate surface area is 139 Å². The Morgan fingerprint density at radius 1 is 1.26 bits per heavy atom. The molecule has 1 aliphatic heterocycles. The van der Waals surface area contributed by atoms with Crippen LogP contribution in [-0.4, -0.2) is 12.8 Å². The van der Waals surface area contributed by atoms with Crippen LogP contribution in [0.4, 0.5) is 8.78 Å². The molecule has 0 aromatic heterocycles. The topological polar surface area (TPSA) is 44.8 Å². The summed E-state index contributed by atoms with van der Waals surface area (Å²) < 4.78 is 43.3. The second-order valence-corrected chi connectivity index (χ2v) is 5.78. The fourth-order valence-electron chi connectivity index (χ4n) is 2.24. The maximum absolute atomic E-state index is 13.7. The summed E-state index contributed by atoms with van der Waals surface area (Å²) in [5.41, 5.74) is 0.717. The second kappa shape index (κ2) is 6.64. The van der Waals surface area contributed by atoms with Gasteiger partial charge < -0.3 is 14.2 Å². The summed E-state index contributed by atoms with van der Waals surface area (Å²) in [6, 6.07) is 6.53. The molecular weight excluding hydrogens is 374 g/mol. The first kappa shape index (κ1) is 15.9. The zero-order chi connectivity index (χ0) is 16.4. The van der Waals surface area contributed by atoms with Crippen molar-refractivity contribution in [2.45, 2.75) is 13.2 Å². The minimum atomic E-state index is -0.833. The van der Waals surface area contributed by atoms with Crippen LogP contribution in [0.15, 0.2) is 34.8 Å². The molecule has 0 unspecified atom stereocenters. The lowest BCUT2D eigenvalue weighted by atomic mass is 10.1. The van der Waals surface area contributed by atoms with Crippen LogP contribution in [0.25, 0.3) is 0 Å². The van der Waals surface area contributed by atoms with Crippen LogP contribution in [0, 0.1) is 11.6 Å². The number of fused-ring (bicyclic) bond motifs is 1. The lowest BCUT2D eigenvalue weighted by Gasteiger charge is -2.20. The number of benzene rings is 2. The molecule has 1 heterocycles. The first-order valence-electron chi connectivity index (χ1n) is 6.68. The van der Waals surface area contributed by atoms with E-state index < -0.39 is 17.6 Å². The van der Waals surface area contributed by atoms with Crippen molar-refractivity contribution < 1.29 is 27.8 Å². The van der Waals surface area contributed by atoms with Gasteiger partial charge >= 0.3 is 5.97 Å². The van der Waals surface area contributed by atoms with Crippen molar-refractivity contribution in [3.63, 3.8) is 0 Å². The van der Waals surface area contributed by atoms with Gasteiger partial charge in [0.2, 0.25) is 0 Å². The average Bonchev–Trinajstić information content (AvgIpc) is 2.52. The number of halogens is 3. The normalized spacial score (nSPS) is 13.2.